The molecule has 2 rings (SSSR count). The summed E-state index contributed by atoms with van der Waals surface area (Å²) in [5.74, 6) is -0.113. The SMILES string of the molecule is CNc1cc(COC)nc(-c2ccc(O)c(F)c2)n1. The van der Waals surface area contributed by atoms with Crippen LogP contribution < -0.4 is 5.32 Å². The number of methoxy groups -OCH3 is 1. The Balaban J connectivity index is 2.47. The summed E-state index contributed by atoms with van der Waals surface area (Å²) in [6.07, 6.45) is 0. The molecule has 0 amide bonds. The van der Waals surface area contributed by atoms with E-state index in [4.69, 9.17) is 4.74 Å². The average Bonchev–Trinajstić information content (AvgIpc) is 2.42. The average molecular weight is 263 g/mol. The Kier molecular flexibility index (Phi) is 3.91. The second-order valence-corrected chi connectivity index (χ2v) is 3.92. The van der Waals surface area contributed by atoms with Crippen LogP contribution in [0, 0.1) is 5.82 Å². The standard InChI is InChI=1S/C13H14FN3O2/c1-15-12-6-9(7-19-2)16-13(17-12)8-3-4-11(18)10(14)5-8/h3-6,18H,7H2,1-2H3,(H,15,16,17). The zero-order valence-electron chi connectivity index (χ0n) is 10.6. The Labute approximate surface area is 110 Å². The quantitative estimate of drug-likeness (QED) is 0.885. The highest BCUT2D eigenvalue weighted by atomic mass is 19.1. The van der Waals surface area contributed by atoms with Gasteiger partial charge in [0.15, 0.2) is 17.4 Å². The van der Waals surface area contributed by atoms with Crippen LogP contribution in [0.4, 0.5) is 10.2 Å². The van der Waals surface area contributed by atoms with Crippen LogP contribution in [0.5, 0.6) is 5.75 Å². The van der Waals surface area contributed by atoms with Crippen molar-refractivity contribution in [1.29, 1.82) is 0 Å². The highest BCUT2D eigenvalue weighted by Crippen LogP contribution is 2.23. The normalized spacial score (nSPS) is 10.5. The number of aromatic nitrogens is 2. The van der Waals surface area contributed by atoms with E-state index in [0.29, 0.717) is 29.5 Å². The maximum Gasteiger partial charge on any atom is 0.165 e. The number of rotatable bonds is 4. The van der Waals surface area contributed by atoms with Gasteiger partial charge in [-0.3, -0.25) is 0 Å². The van der Waals surface area contributed by atoms with Crippen LogP contribution in [0.1, 0.15) is 5.69 Å². The second kappa shape index (κ2) is 5.62. The number of halogens is 1. The van der Waals surface area contributed by atoms with Gasteiger partial charge in [0.25, 0.3) is 0 Å². The number of ether oxygens (including phenoxy) is 1. The lowest BCUT2D eigenvalue weighted by atomic mass is 10.2. The molecule has 0 aliphatic heterocycles. The highest BCUT2D eigenvalue weighted by molar-refractivity contribution is 5.58. The van der Waals surface area contributed by atoms with Crippen LogP contribution in [-0.4, -0.2) is 29.2 Å². The molecule has 0 radical (unpaired) electrons. The van der Waals surface area contributed by atoms with E-state index in [1.54, 1.807) is 26.3 Å². The molecule has 0 fully saturated rings. The predicted molar refractivity (Wildman–Crippen MR) is 69.4 cm³/mol. The molecule has 0 bridgehead atoms. The van der Waals surface area contributed by atoms with Crippen LogP contribution in [0.15, 0.2) is 24.3 Å². The number of hydrogen-bond donors (Lipinski definition) is 2. The van der Waals surface area contributed by atoms with Crippen molar-refractivity contribution in [1.82, 2.24) is 9.97 Å². The van der Waals surface area contributed by atoms with Gasteiger partial charge in [0.1, 0.15) is 5.82 Å². The van der Waals surface area contributed by atoms with Crippen LogP contribution in [0.25, 0.3) is 11.4 Å². The minimum atomic E-state index is -0.704. The molecule has 0 saturated carbocycles. The van der Waals surface area contributed by atoms with Gasteiger partial charge in [-0.1, -0.05) is 0 Å². The molecule has 2 aromatic rings. The molecule has 1 aromatic carbocycles. The number of anilines is 1. The van der Waals surface area contributed by atoms with Crippen LogP contribution in [0.3, 0.4) is 0 Å². The zero-order valence-corrected chi connectivity index (χ0v) is 10.6. The van der Waals surface area contributed by atoms with Gasteiger partial charge in [0, 0.05) is 25.8 Å². The Hall–Kier alpha value is -2.21. The first kappa shape index (κ1) is 13.2. The number of nitrogens with one attached hydrogen (secondary N) is 1. The smallest absolute Gasteiger partial charge is 0.165 e. The first-order valence-corrected chi connectivity index (χ1v) is 5.67. The van der Waals surface area contributed by atoms with Crippen molar-refractivity contribution in [3.05, 3.63) is 35.8 Å². The van der Waals surface area contributed by atoms with E-state index in [0.717, 1.165) is 0 Å². The fourth-order valence-corrected chi connectivity index (χ4v) is 1.62. The largest absolute Gasteiger partial charge is 0.505 e. The van der Waals surface area contributed by atoms with Gasteiger partial charge >= 0.3 is 0 Å². The Morgan fingerprint density at radius 2 is 2.11 bits per heavy atom. The Bertz CT molecular complexity index is 590. The maximum absolute atomic E-state index is 13.4. The van der Waals surface area contributed by atoms with Gasteiger partial charge < -0.3 is 15.2 Å². The predicted octanol–water partition coefficient (Wildman–Crippen LogP) is 2.18. The fraction of sp³-hybridized carbons (Fsp3) is 0.231. The third kappa shape index (κ3) is 2.97. The van der Waals surface area contributed by atoms with E-state index in [1.807, 2.05) is 0 Å². The van der Waals surface area contributed by atoms with Crippen molar-refractivity contribution in [3.8, 4) is 17.1 Å². The van der Waals surface area contributed by atoms with Gasteiger partial charge in [-0.05, 0) is 18.2 Å². The molecule has 0 aliphatic rings. The lowest BCUT2D eigenvalue weighted by Crippen LogP contribution is -2.02. The highest BCUT2D eigenvalue weighted by Gasteiger charge is 2.09. The summed E-state index contributed by atoms with van der Waals surface area (Å²) in [6, 6.07) is 5.78. The van der Waals surface area contributed by atoms with E-state index < -0.39 is 11.6 Å². The van der Waals surface area contributed by atoms with Crippen molar-refractivity contribution in [2.75, 3.05) is 19.5 Å². The van der Waals surface area contributed by atoms with Crippen molar-refractivity contribution >= 4 is 5.82 Å². The fourth-order valence-electron chi connectivity index (χ4n) is 1.62. The van der Waals surface area contributed by atoms with E-state index in [1.165, 1.54) is 12.1 Å². The molecule has 0 spiro atoms. The van der Waals surface area contributed by atoms with Gasteiger partial charge in [0.2, 0.25) is 0 Å². The lowest BCUT2D eigenvalue weighted by molar-refractivity contribution is 0.181. The van der Waals surface area contributed by atoms with Gasteiger partial charge in [-0.15, -0.1) is 0 Å². The molecule has 2 N–H and O–H groups in total. The number of phenolic OH excluding ortho intramolecular Hbond substituents is 1. The molecule has 6 heteroatoms. The van der Waals surface area contributed by atoms with E-state index in [2.05, 4.69) is 15.3 Å². The Morgan fingerprint density at radius 1 is 1.32 bits per heavy atom. The molecule has 0 unspecified atom stereocenters. The first-order chi connectivity index (χ1) is 9.13. The number of hydrogen-bond acceptors (Lipinski definition) is 5. The molecule has 0 atom stereocenters. The van der Waals surface area contributed by atoms with Crippen LogP contribution >= 0.6 is 0 Å². The summed E-state index contributed by atoms with van der Waals surface area (Å²) in [5.41, 5.74) is 1.18. The summed E-state index contributed by atoms with van der Waals surface area (Å²) >= 11 is 0. The van der Waals surface area contributed by atoms with E-state index in [-0.39, 0.29) is 0 Å². The first-order valence-electron chi connectivity index (χ1n) is 5.67. The minimum absolute atomic E-state index is 0.338. The van der Waals surface area contributed by atoms with Gasteiger partial charge in [0.05, 0.1) is 12.3 Å². The summed E-state index contributed by atoms with van der Waals surface area (Å²) in [7, 11) is 3.31. The lowest BCUT2D eigenvalue weighted by Gasteiger charge is -2.08. The number of nitrogens with zero attached hydrogens (tertiary/aromatic N) is 2. The van der Waals surface area contributed by atoms with Gasteiger partial charge in [-0.2, -0.15) is 0 Å². The summed E-state index contributed by atoms with van der Waals surface area (Å²) in [6.45, 7) is 0.338. The molecule has 0 aliphatic carbocycles. The molecular formula is C13H14FN3O2. The molecule has 5 nitrogen and oxygen atoms in total. The Morgan fingerprint density at radius 3 is 2.74 bits per heavy atom. The minimum Gasteiger partial charge on any atom is -0.505 e. The summed E-state index contributed by atoms with van der Waals surface area (Å²) < 4.78 is 18.4. The van der Waals surface area contributed by atoms with Crippen molar-refractivity contribution in [2.24, 2.45) is 0 Å². The van der Waals surface area contributed by atoms with Crippen molar-refractivity contribution in [3.63, 3.8) is 0 Å². The van der Waals surface area contributed by atoms with Crippen molar-refractivity contribution in [2.45, 2.75) is 6.61 Å². The third-order valence-corrected chi connectivity index (χ3v) is 2.53. The summed E-state index contributed by atoms with van der Waals surface area (Å²) in [5, 5.41) is 12.1. The van der Waals surface area contributed by atoms with Crippen LogP contribution in [0.2, 0.25) is 0 Å². The molecule has 0 saturated heterocycles. The van der Waals surface area contributed by atoms with E-state index in [9.17, 15) is 9.50 Å². The maximum atomic E-state index is 13.4. The monoisotopic (exact) mass is 263 g/mol. The molecule has 100 valence electrons. The molecule has 19 heavy (non-hydrogen) atoms. The zero-order chi connectivity index (χ0) is 13.8. The molecule has 1 aromatic heterocycles. The topological polar surface area (TPSA) is 67.3 Å². The molecule has 1 heterocycles. The number of benzene rings is 1. The third-order valence-electron chi connectivity index (χ3n) is 2.53. The van der Waals surface area contributed by atoms with E-state index >= 15 is 0 Å². The number of aromatic hydroxyl groups is 1. The number of phenols is 1. The van der Waals surface area contributed by atoms with Crippen molar-refractivity contribution < 1.29 is 14.2 Å². The molecular weight excluding hydrogens is 249 g/mol. The second-order valence-electron chi connectivity index (χ2n) is 3.92. The summed E-state index contributed by atoms with van der Waals surface area (Å²) in [4.78, 5) is 8.54. The van der Waals surface area contributed by atoms with Gasteiger partial charge in [-0.25, -0.2) is 14.4 Å². The van der Waals surface area contributed by atoms with Crippen LogP contribution in [-0.2, 0) is 11.3 Å².